The molecule has 0 aliphatic heterocycles. The van der Waals surface area contributed by atoms with Gasteiger partial charge in [0.25, 0.3) is 0 Å². The predicted molar refractivity (Wildman–Crippen MR) is 73.2 cm³/mol. The maximum absolute atomic E-state index is 13.7. The topological polar surface area (TPSA) is 35.8 Å². The normalized spacial score (nSPS) is 10.1. The molecule has 2 aromatic carbocycles. The summed E-state index contributed by atoms with van der Waals surface area (Å²) >= 11 is 3.36. The van der Waals surface area contributed by atoms with Crippen LogP contribution in [0, 0.1) is 29.9 Å². The number of benzene rings is 2. The maximum atomic E-state index is 13.7. The first-order valence-electron chi connectivity index (χ1n) is 5.44. The molecule has 0 saturated carbocycles. The molecule has 0 aliphatic rings. The first kappa shape index (κ1) is 13.5. The zero-order chi connectivity index (χ0) is 14.0. The molecule has 0 unspecified atom stereocenters. The van der Waals surface area contributed by atoms with Gasteiger partial charge in [-0.1, -0.05) is 15.9 Å². The van der Waals surface area contributed by atoms with Gasteiger partial charge in [-0.15, -0.1) is 0 Å². The molecule has 0 amide bonds. The van der Waals surface area contributed by atoms with Crippen LogP contribution in [0.3, 0.4) is 0 Å². The second-order valence-corrected chi connectivity index (χ2v) is 4.84. The average molecular weight is 323 g/mol. The summed E-state index contributed by atoms with van der Waals surface area (Å²) in [6.45, 7) is 1.89. The Morgan fingerprint density at radius 2 is 1.89 bits per heavy atom. The molecule has 0 aliphatic carbocycles. The molecule has 1 N–H and O–H groups in total. The van der Waals surface area contributed by atoms with E-state index in [1.807, 2.05) is 13.0 Å². The van der Waals surface area contributed by atoms with Crippen LogP contribution in [0.1, 0.15) is 11.1 Å². The molecule has 2 aromatic rings. The molecule has 5 heteroatoms. The summed E-state index contributed by atoms with van der Waals surface area (Å²) in [6.07, 6.45) is 0. The van der Waals surface area contributed by atoms with Gasteiger partial charge in [-0.3, -0.25) is 0 Å². The number of nitriles is 1. The summed E-state index contributed by atoms with van der Waals surface area (Å²) in [6, 6.07) is 9.54. The minimum atomic E-state index is -1.14. The number of rotatable bonds is 2. The van der Waals surface area contributed by atoms with Crippen molar-refractivity contribution in [3.63, 3.8) is 0 Å². The Morgan fingerprint density at radius 3 is 2.53 bits per heavy atom. The van der Waals surface area contributed by atoms with E-state index in [0.717, 1.165) is 10.0 Å². The Hall–Kier alpha value is -1.93. The number of hydrogen-bond donors (Lipinski definition) is 1. The fourth-order valence-corrected chi connectivity index (χ4v) is 1.86. The number of nitrogens with one attached hydrogen (secondary N) is 1. The zero-order valence-corrected chi connectivity index (χ0v) is 11.6. The molecule has 0 spiro atoms. The molecule has 0 aromatic heterocycles. The van der Waals surface area contributed by atoms with Gasteiger partial charge in [-0.05, 0) is 42.8 Å². The molecule has 0 radical (unpaired) electrons. The molecular weight excluding hydrogens is 314 g/mol. The van der Waals surface area contributed by atoms with E-state index in [2.05, 4.69) is 21.2 Å². The van der Waals surface area contributed by atoms with Crippen LogP contribution in [0.4, 0.5) is 20.2 Å². The fraction of sp³-hybridized carbons (Fsp3) is 0.0714. The Bertz CT molecular complexity index is 678. The Balaban J connectivity index is 2.36. The van der Waals surface area contributed by atoms with Crippen LogP contribution in [-0.2, 0) is 0 Å². The molecule has 0 fully saturated rings. The molecule has 0 saturated heterocycles. The SMILES string of the molecule is Cc1cc(Nc2ccc(C#N)c(F)c2F)ccc1Br. The van der Waals surface area contributed by atoms with Crippen molar-refractivity contribution in [2.45, 2.75) is 6.92 Å². The van der Waals surface area contributed by atoms with Gasteiger partial charge in [0.1, 0.15) is 6.07 Å². The van der Waals surface area contributed by atoms with Crippen molar-refractivity contribution in [3.05, 3.63) is 57.6 Å². The molecular formula is C14H9BrF2N2. The van der Waals surface area contributed by atoms with E-state index in [9.17, 15) is 8.78 Å². The summed E-state index contributed by atoms with van der Waals surface area (Å²) in [5.41, 5.74) is 1.30. The third kappa shape index (κ3) is 2.74. The lowest BCUT2D eigenvalue weighted by atomic mass is 10.1. The molecule has 2 rings (SSSR count). The number of aryl methyl sites for hydroxylation is 1. The molecule has 96 valence electrons. The van der Waals surface area contributed by atoms with Crippen LogP contribution in [-0.4, -0.2) is 0 Å². The highest BCUT2D eigenvalue weighted by atomic mass is 79.9. The quantitative estimate of drug-likeness (QED) is 0.873. The largest absolute Gasteiger partial charge is 0.353 e. The first-order valence-corrected chi connectivity index (χ1v) is 6.23. The smallest absolute Gasteiger partial charge is 0.183 e. The van der Waals surface area contributed by atoms with Gasteiger partial charge in [-0.25, -0.2) is 8.78 Å². The summed E-state index contributed by atoms with van der Waals surface area (Å²) < 4.78 is 28.1. The first-order chi connectivity index (χ1) is 9.02. The van der Waals surface area contributed by atoms with Gasteiger partial charge >= 0.3 is 0 Å². The number of halogens is 3. The van der Waals surface area contributed by atoms with E-state index in [1.54, 1.807) is 18.2 Å². The predicted octanol–water partition coefficient (Wildman–Crippen LogP) is 4.65. The lowest BCUT2D eigenvalue weighted by Crippen LogP contribution is -1.98. The van der Waals surface area contributed by atoms with E-state index in [1.165, 1.54) is 12.1 Å². The number of nitrogens with zero attached hydrogens (tertiary/aromatic N) is 1. The number of anilines is 2. The highest BCUT2D eigenvalue weighted by molar-refractivity contribution is 9.10. The molecule has 19 heavy (non-hydrogen) atoms. The molecule has 0 bridgehead atoms. The van der Waals surface area contributed by atoms with Crippen LogP contribution < -0.4 is 5.32 Å². The van der Waals surface area contributed by atoms with Crippen molar-refractivity contribution in [1.82, 2.24) is 0 Å². The third-order valence-corrected chi connectivity index (χ3v) is 3.53. The lowest BCUT2D eigenvalue weighted by Gasteiger charge is -2.10. The van der Waals surface area contributed by atoms with Crippen molar-refractivity contribution in [3.8, 4) is 6.07 Å². The van der Waals surface area contributed by atoms with Crippen molar-refractivity contribution in [2.75, 3.05) is 5.32 Å². The highest BCUT2D eigenvalue weighted by Gasteiger charge is 2.13. The third-order valence-electron chi connectivity index (χ3n) is 2.64. The van der Waals surface area contributed by atoms with Crippen molar-refractivity contribution in [1.29, 1.82) is 5.26 Å². The average Bonchev–Trinajstić information content (AvgIpc) is 2.40. The fourth-order valence-electron chi connectivity index (χ4n) is 1.61. The van der Waals surface area contributed by atoms with E-state index < -0.39 is 11.6 Å². The molecule has 0 heterocycles. The Kier molecular flexibility index (Phi) is 3.82. The second-order valence-electron chi connectivity index (χ2n) is 3.99. The summed E-state index contributed by atoms with van der Waals surface area (Å²) in [5, 5.41) is 11.4. The van der Waals surface area contributed by atoms with E-state index in [0.29, 0.717) is 5.69 Å². The van der Waals surface area contributed by atoms with Crippen molar-refractivity contribution < 1.29 is 8.78 Å². The van der Waals surface area contributed by atoms with Crippen molar-refractivity contribution in [2.24, 2.45) is 0 Å². The van der Waals surface area contributed by atoms with Gasteiger partial charge in [0.15, 0.2) is 11.6 Å². The van der Waals surface area contributed by atoms with Gasteiger partial charge in [0, 0.05) is 10.2 Å². The van der Waals surface area contributed by atoms with Gasteiger partial charge in [0.2, 0.25) is 0 Å². The standard InChI is InChI=1S/C14H9BrF2N2/c1-8-6-10(3-4-11(8)15)19-12-5-2-9(7-18)13(16)14(12)17/h2-6,19H,1H3. The van der Waals surface area contributed by atoms with Crippen molar-refractivity contribution >= 4 is 27.3 Å². The minimum Gasteiger partial charge on any atom is -0.353 e. The minimum absolute atomic E-state index is 0.00165. The summed E-state index contributed by atoms with van der Waals surface area (Å²) in [4.78, 5) is 0. The highest BCUT2D eigenvalue weighted by Crippen LogP contribution is 2.26. The Labute approximate surface area is 117 Å². The van der Waals surface area contributed by atoms with Gasteiger partial charge in [0.05, 0.1) is 11.3 Å². The van der Waals surface area contributed by atoms with E-state index in [-0.39, 0.29) is 11.3 Å². The van der Waals surface area contributed by atoms with Crippen LogP contribution in [0.25, 0.3) is 0 Å². The van der Waals surface area contributed by atoms with Crippen LogP contribution in [0.15, 0.2) is 34.8 Å². The molecule has 2 nitrogen and oxygen atoms in total. The Morgan fingerprint density at radius 1 is 1.16 bits per heavy atom. The van der Waals surface area contributed by atoms with Crippen LogP contribution in [0.5, 0.6) is 0 Å². The number of hydrogen-bond acceptors (Lipinski definition) is 2. The zero-order valence-electron chi connectivity index (χ0n) is 9.97. The lowest BCUT2D eigenvalue weighted by molar-refractivity contribution is 0.509. The van der Waals surface area contributed by atoms with E-state index >= 15 is 0 Å². The summed E-state index contributed by atoms with van der Waals surface area (Å²) in [7, 11) is 0. The summed E-state index contributed by atoms with van der Waals surface area (Å²) in [5.74, 6) is -2.19. The van der Waals surface area contributed by atoms with Crippen LogP contribution >= 0.6 is 15.9 Å². The van der Waals surface area contributed by atoms with Crippen LogP contribution in [0.2, 0.25) is 0 Å². The monoisotopic (exact) mass is 322 g/mol. The van der Waals surface area contributed by atoms with Gasteiger partial charge < -0.3 is 5.32 Å². The maximum Gasteiger partial charge on any atom is 0.183 e. The molecule has 0 atom stereocenters. The second kappa shape index (κ2) is 5.37. The van der Waals surface area contributed by atoms with E-state index in [4.69, 9.17) is 5.26 Å². The van der Waals surface area contributed by atoms with Gasteiger partial charge in [-0.2, -0.15) is 5.26 Å².